The molecule has 0 aliphatic carbocycles. The van der Waals surface area contributed by atoms with E-state index < -0.39 is 11.7 Å². The molecule has 1 unspecified atom stereocenters. The summed E-state index contributed by atoms with van der Waals surface area (Å²) in [4.78, 5) is 12.1. The zero-order valence-corrected chi connectivity index (χ0v) is 12.2. The van der Waals surface area contributed by atoms with Gasteiger partial charge in [-0.05, 0) is 29.8 Å². The van der Waals surface area contributed by atoms with Crippen LogP contribution in [-0.2, 0) is 4.79 Å². The predicted octanol–water partition coefficient (Wildman–Crippen LogP) is 4.87. The Labute approximate surface area is 129 Å². The molecule has 1 atom stereocenters. The van der Waals surface area contributed by atoms with E-state index >= 15 is 0 Å². The largest absolute Gasteiger partial charge is 0.325 e. The van der Waals surface area contributed by atoms with Gasteiger partial charge in [-0.2, -0.15) is 0 Å². The summed E-state index contributed by atoms with van der Waals surface area (Å²) in [6, 6.07) is 7.44. The Balaban J connectivity index is 2.17. The lowest BCUT2D eigenvalue weighted by Crippen LogP contribution is -2.13. The molecule has 1 aliphatic heterocycles. The maximum atomic E-state index is 13.6. The molecule has 3 rings (SSSR count). The minimum Gasteiger partial charge on any atom is -0.325 e. The van der Waals surface area contributed by atoms with E-state index in [0.29, 0.717) is 26.9 Å². The lowest BCUT2D eigenvalue weighted by atomic mass is 9.92. The molecule has 0 saturated carbocycles. The predicted molar refractivity (Wildman–Crippen MR) is 78.3 cm³/mol. The Kier molecular flexibility index (Phi) is 3.36. The van der Waals surface area contributed by atoms with Crippen molar-refractivity contribution in [2.45, 2.75) is 5.92 Å². The van der Waals surface area contributed by atoms with Crippen LogP contribution in [0.4, 0.5) is 10.1 Å². The topological polar surface area (TPSA) is 29.1 Å². The van der Waals surface area contributed by atoms with Crippen molar-refractivity contribution in [3.8, 4) is 0 Å². The number of rotatable bonds is 1. The summed E-state index contributed by atoms with van der Waals surface area (Å²) in [6.07, 6.45) is 0. The summed E-state index contributed by atoms with van der Waals surface area (Å²) >= 11 is 17.7. The fraction of sp³-hybridized carbons (Fsp3) is 0.0714. The molecule has 1 aliphatic rings. The Morgan fingerprint density at radius 2 is 1.80 bits per heavy atom. The van der Waals surface area contributed by atoms with Gasteiger partial charge in [-0.3, -0.25) is 4.79 Å². The molecule has 1 N–H and O–H groups in total. The summed E-state index contributed by atoms with van der Waals surface area (Å²) in [5.74, 6) is -1.51. The first-order valence-electron chi connectivity index (χ1n) is 5.72. The van der Waals surface area contributed by atoms with Crippen LogP contribution in [0.5, 0.6) is 0 Å². The van der Waals surface area contributed by atoms with Crippen molar-refractivity contribution < 1.29 is 9.18 Å². The van der Waals surface area contributed by atoms with Crippen molar-refractivity contribution in [1.29, 1.82) is 0 Å². The first-order valence-corrected chi connectivity index (χ1v) is 6.85. The van der Waals surface area contributed by atoms with Gasteiger partial charge in [0.1, 0.15) is 5.82 Å². The van der Waals surface area contributed by atoms with Gasteiger partial charge in [0.05, 0.1) is 10.9 Å². The Hall–Kier alpha value is -1.29. The van der Waals surface area contributed by atoms with Crippen LogP contribution in [0.3, 0.4) is 0 Å². The number of nitrogens with one attached hydrogen (secondary N) is 1. The standard InChI is InChI=1S/C14H7Cl3FNO/c15-7-4-9(17)13-11(5-7)19-14(20)12(13)6-1-2-8(16)10(18)3-6/h1-5,12H,(H,19,20). The van der Waals surface area contributed by atoms with Crippen LogP contribution in [0.15, 0.2) is 30.3 Å². The Bertz CT molecular complexity index is 733. The average molecular weight is 331 g/mol. The molecular formula is C14H7Cl3FNO. The van der Waals surface area contributed by atoms with Crippen LogP contribution in [0.25, 0.3) is 0 Å². The highest BCUT2D eigenvalue weighted by Crippen LogP contribution is 2.43. The number of carbonyl (C=O) groups excluding carboxylic acids is 1. The van der Waals surface area contributed by atoms with Crippen LogP contribution >= 0.6 is 34.8 Å². The lowest BCUT2D eigenvalue weighted by molar-refractivity contribution is -0.116. The fourth-order valence-corrected chi connectivity index (χ4v) is 3.05. The molecule has 1 heterocycles. The minimum absolute atomic E-state index is 0.00887. The maximum Gasteiger partial charge on any atom is 0.236 e. The molecule has 6 heteroatoms. The first kappa shape index (κ1) is 13.7. The number of amides is 1. The molecule has 0 aromatic heterocycles. The quantitative estimate of drug-likeness (QED) is 0.794. The van der Waals surface area contributed by atoms with E-state index in [1.54, 1.807) is 18.2 Å². The Morgan fingerprint density at radius 1 is 1.05 bits per heavy atom. The third kappa shape index (κ3) is 2.16. The number of benzene rings is 2. The van der Waals surface area contributed by atoms with Gasteiger partial charge in [0, 0.05) is 21.3 Å². The monoisotopic (exact) mass is 329 g/mol. The lowest BCUT2D eigenvalue weighted by Gasteiger charge is -2.11. The van der Waals surface area contributed by atoms with Gasteiger partial charge in [-0.15, -0.1) is 0 Å². The minimum atomic E-state index is -0.665. The van der Waals surface area contributed by atoms with Crippen molar-refractivity contribution in [2.75, 3.05) is 5.32 Å². The number of hydrogen-bond donors (Lipinski definition) is 1. The number of hydrogen-bond acceptors (Lipinski definition) is 1. The van der Waals surface area contributed by atoms with Crippen molar-refractivity contribution in [3.63, 3.8) is 0 Å². The van der Waals surface area contributed by atoms with Gasteiger partial charge >= 0.3 is 0 Å². The highest BCUT2D eigenvalue weighted by Gasteiger charge is 2.34. The van der Waals surface area contributed by atoms with E-state index in [9.17, 15) is 9.18 Å². The molecule has 2 aromatic carbocycles. The zero-order chi connectivity index (χ0) is 14.4. The molecule has 0 spiro atoms. The van der Waals surface area contributed by atoms with E-state index in [-0.39, 0.29) is 10.9 Å². The van der Waals surface area contributed by atoms with Crippen molar-refractivity contribution in [2.24, 2.45) is 0 Å². The molecule has 102 valence electrons. The Morgan fingerprint density at radius 3 is 2.50 bits per heavy atom. The number of fused-ring (bicyclic) bond motifs is 1. The fourth-order valence-electron chi connectivity index (χ4n) is 2.33. The number of halogens is 4. The van der Waals surface area contributed by atoms with Gasteiger partial charge in [-0.25, -0.2) is 4.39 Å². The maximum absolute atomic E-state index is 13.6. The number of anilines is 1. The summed E-state index contributed by atoms with van der Waals surface area (Å²) < 4.78 is 13.6. The molecular weight excluding hydrogens is 324 g/mol. The van der Waals surface area contributed by atoms with E-state index in [2.05, 4.69) is 5.32 Å². The van der Waals surface area contributed by atoms with Crippen LogP contribution in [0.2, 0.25) is 15.1 Å². The summed E-state index contributed by atoms with van der Waals surface area (Å²) in [7, 11) is 0. The van der Waals surface area contributed by atoms with E-state index in [0.717, 1.165) is 0 Å². The normalized spacial score (nSPS) is 17.0. The second kappa shape index (κ2) is 4.92. The molecule has 0 bridgehead atoms. The van der Waals surface area contributed by atoms with Gasteiger partial charge in [0.25, 0.3) is 0 Å². The van der Waals surface area contributed by atoms with Crippen LogP contribution in [0.1, 0.15) is 17.0 Å². The smallest absolute Gasteiger partial charge is 0.236 e. The van der Waals surface area contributed by atoms with Gasteiger partial charge < -0.3 is 5.32 Å². The van der Waals surface area contributed by atoms with E-state index in [4.69, 9.17) is 34.8 Å². The molecule has 2 nitrogen and oxygen atoms in total. The first-order chi connectivity index (χ1) is 9.47. The summed E-state index contributed by atoms with van der Waals surface area (Å²) in [5.41, 5.74) is 1.64. The molecule has 0 saturated heterocycles. The highest BCUT2D eigenvalue weighted by molar-refractivity contribution is 6.36. The molecule has 2 aromatic rings. The SMILES string of the molecule is O=C1Nc2cc(Cl)cc(Cl)c2C1c1ccc(Cl)c(F)c1. The van der Waals surface area contributed by atoms with Crippen LogP contribution in [0, 0.1) is 5.82 Å². The van der Waals surface area contributed by atoms with Crippen LogP contribution < -0.4 is 5.32 Å². The van der Waals surface area contributed by atoms with Gasteiger partial charge in [-0.1, -0.05) is 40.9 Å². The van der Waals surface area contributed by atoms with Crippen molar-refractivity contribution in [3.05, 3.63) is 62.3 Å². The second-order valence-electron chi connectivity index (χ2n) is 4.44. The third-order valence-corrected chi connectivity index (χ3v) is 4.02. The zero-order valence-electron chi connectivity index (χ0n) is 9.88. The summed E-state index contributed by atoms with van der Waals surface area (Å²) in [5, 5.41) is 3.50. The van der Waals surface area contributed by atoms with Gasteiger partial charge in [0.2, 0.25) is 5.91 Å². The van der Waals surface area contributed by atoms with Crippen molar-refractivity contribution >= 4 is 46.4 Å². The third-order valence-electron chi connectivity index (χ3n) is 3.18. The van der Waals surface area contributed by atoms with Crippen molar-refractivity contribution in [1.82, 2.24) is 0 Å². The van der Waals surface area contributed by atoms with Gasteiger partial charge in [0.15, 0.2) is 0 Å². The van der Waals surface area contributed by atoms with Crippen LogP contribution in [-0.4, -0.2) is 5.91 Å². The number of carbonyl (C=O) groups is 1. The van der Waals surface area contributed by atoms with E-state index in [1.807, 2.05) is 0 Å². The highest BCUT2D eigenvalue weighted by atomic mass is 35.5. The second-order valence-corrected chi connectivity index (χ2v) is 5.70. The average Bonchev–Trinajstić information content (AvgIpc) is 2.69. The van der Waals surface area contributed by atoms with E-state index in [1.165, 1.54) is 12.1 Å². The molecule has 20 heavy (non-hydrogen) atoms. The molecule has 1 amide bonds. The molecule has 0 fully saturated rings. The molecule has 0 radical (unpaired) electrons. The summed E-state index contributed by atoms with van der Waals surface area (Å²) in [6.45, 7) is 0.